The topological polar surface area (TPSA) is 52.7 Å². The van der Waals surface area contributed by atoms with Crippen LogP contribution in [0.15, 0.2) is 22.7 Å². The lowest BCUT2D eigenvalue weighted by atomic mass is 10.1. The first-order valence-electron chi connectivity index (χ1n) is 9.29. The fourth-order valence-corrected chi connectivity index (χ4v) is 4.28. The van der Waals surface area contributed by atoms with E-state index in [4.69, 9.17) is 11.6 Å². The Morgan fingerprint density at radius 2 is 1.85 bits per heavy atom. The monoisotopic (exact) mass is 441 g/mol. The van der Waals surface area contributed by atoms with E-state index in [-0.39, 0.29) is 11.8 Å². The molecule has 0 bridgehead atoms. The van der Waals surface area contributed by atoms with Crippen LogP contribution in [-0.2, 0) is 4.79 Å². The van der Waals surface area contributed by atoms with Crippen LogP contribution in [0.5, 0.6) is 0 Å². The molecule has 3 rings (SSSR count). The van der Waals surface area contributed by atoms with Crippen molar-refractivity contribution >= 4 is 39.3 Å². The van der Waals surface area contributed by atoms with E-state index in [0.29, 0.717) is 23.0 Å². The van der Waals surface area contributed by atoms with E-state index in [2.05, 4.69) is 26.1 Å². The number of amides is 2. The van der Waals surface area contributed by atoms with Crippen molar-refractivity contribution < 1.29 is 9.59 Å². The van der Waals surface area contributed by atoms with Crippen LogP contribution in [-0.4, -0.2) is 60.9 Å². The van der Waals surface area contributed by atoms with E-state index in [1.165, 1.54) is 12.8 Å². The fourth-order valence-electron chi connectivity index (χ4n) is 3.72. The van der Waals surface area contributed by atoms with E-state index in [9.17, 15) is 9.59 Å². The quantitative estimate of drug-likeness (QED) is 0.762. The Morgan fingerprint density at radius 3 is 2.54 bits per heavy atom. The minimum Gasteiger partial charge on any atom is -0.351 e. The van der Waals surface area contributed by atoms with Gasteiger partial charge in [0.25, 0.3) is 5.91 Å². The van der Waals surface area contributed by atoms with E-state index in [0.717, 1.165) is 50.0 Å². The van der Waals surface area contributed by atoms with Crippen LogP contribution >= 0.6 is 27.5 Å². The van der Waals surface area contributed by atoms with Gasteiger partial charge in [-0.15, -0.1) is 0 Å². The normalized spacial score (nSPS) is 18.9. The summed E-state index contributed by atoms with van der Waals surface area (Å²) in [7, 11) is 0. The first-order valence-corrected chi connectivity index (χ1v) is 10.5. The molecule has 0 spiro atoms. The largest absolute Gasteiger partial charge is 0.351 e. The number of hydrogen-bond donors (Lipinski definition) is 1. The first kappa shape index (κ1) is 19.6. The molecule has 1 saturated carbocycles. The van der Waals surface area contributed by atoms with Crippen molar-refractivity contribution in [3.8, 4) is 0 Å². The predicted octanol–water partition coefficient (Wildman–Crippen LogP) is 3.17. The number of carbonyl (C=O) groups excluding carboxylic acids is 2. The molecular weight excluding hydrogens is 418 g/mol. The van der Waals surface area contributed by atoms with Gasteiger partial charge in [0.05, 0.1) is 10.6 Å². The molecule has 1 aromatic rings. The molecule has 1 aliphatic heterocycles. The summed E-state index contributed by atoms with van der Waals surface area (Å²) >= 11 is 9.45. The number of hydrogen-bond acceptors (Lipinski definition) is 3. The lowest BCUT2D eigenvalue weighted by Crippen LogP contribution is -2.51. The van der Waals surface area contributed by atoms with Crippen LogP contribution in [0, 0.1) is 5.92 Å². The molecule has 0 atom stereocenters. The van der Waals surface area contributed by atoms with Gasteiger partial charge in [-0.25, -0.2) is 0 Å². The van der Waals surface area contributed by atoms with Gasteiger partial charge in [0.1, 0.15) is 0 Å². The van der Waals surface area contributed by atoms with Crippen molar-refractivity contribution in [2.24, 2.45) is 5.92 Å². The molecule has 1 N–H and O–H groups in total. The molecule has 2 amide bonds. The molecule has 2 aliphatic rings. The molecule has 2 fully saturated rings. The summed E-state index contributed by atoms with van der Waals surface area (Å²) < 4.78 is 0.829. The Hall–Kier alpha value is -1.11. The van der Waals surface area contributed by atoms with Gasteiger partial charge in [0.15, 0.2) is 0 Å². The van der Waals surface area contributed by atoms with Crippen molar-refractivity contribution in [1.29, 1.82) is 0 Å². The maximum Gasteiger partial charge on any atom is 0.252 e. The SMILES string of the molecule is O=C(NCCN1CCN(C(=O)C2CCCC2)CC1)c1cc(Br)ccc1Cl. The molecule has 1 saturated heterocycles. The van der Waals surface area contributed by atoms with Gasteiger partial charge in [-0.2, -0.15) is 0 Å². The Morgan fingerprint density at radius 1 is 1.15 bits per heavy atom. The van der Waals surface area contributed by atoms with Crippen molar-refractivity contribution in [3.63, 3.8) is 0 Å². The average molecular weight is 443 g/mol. The van der Waals surface area contributed by atoms with E-state index < -0.39 is 0 Å². The zero-order valence-corrected chi connectivity index (χ0v) is 17.2. The molecule has 142 valence electrons. The first-order chi connectivity index (χ1) is 12.5. The maximum absolute atomic E-state index is 12.5. The minimum atomic E-state index is -0.161. The second-order valence-electron chi connectivity index (χ2n) is 7.03. The summed E-state index contributed by atoms with van der Waals surface area (Å²) in [5.41, 5.74) is 0.480. The fraction of sp³-hybridized carbons (Fsp3) is 0.579. The van der Waals surface area contributed by atoms with Crippen molar-refractivity contribution in [2.75, 3.05) is 39.3 Å². The third-order valence-electron chi connectivity index (χ3n) is 5.27. The molecule has 7 heteroatoms. The average Bonchev–Trinajstić information content (AvgIpc) is 3.18. The summed E-state index contributed by atoms with van der Waals surface area (Å²) in [6.45, 7) is 4.67. The van der Waals surface area contributed by atoms with Crippen LogP contribution in [0.25, 0.3) is 0 Å². The van der Waals surface area contributed by atoms with Gasteiger partial charge >= 0.3 is 0 Å². The second kappa shape index (κ2) is 9.20. The highest BCUT2D eigenvalue weighted by atomic mass is 79.9. The lowest BCUT2D eigenvalue weighted by molar-refractivity contribution is -0.137. The number of carbonyl (C=O) groups is 2. The van der Waals surface area contributed by atoms with Gasteiger partial charge in [0, 0.05) is 49.7 Å². The number of piperazine rings is 1. The van der Waals surface area contributed by atoms with Crippen LogP contribution < -0.4 is 5.32 Å². The molecule has 5 nitrogen and oxygen atoms in total. The summed E-state index contributed by atoms with van der Waals surface area (Å²) in [6, 6.07) is 5.25. The Bertz CT molecular complexity index is 656. The molecule has 1 aromatic carbocycles. The third kappa shape index (κ3) is 4.99. The lowest BCUT2D eigenvalue weighted by Gasteiger charge is -2.36. The summed E-state index contributed by atoms with van der Waals surface area (Å²) in [5, 5.41) is 3.38. The van der Waals surface area contributed by atoms with E-state index in [1.54, 1.807) is 12.1 Å². The van der Waals surface area contributed by atoms with Crippen molar-refractivity contribution in [1.82, 2.24) is 15.1 Å². The molecule has 1 aliphatic carbocycles. The zero-order chi connectivity index (χ0) is 18.5. The highest BCUT2D eigenvalue weighted by molar-refractivity contribution is 9.10. The molecular formula is C19H25BrClN3O2. The highest BCUT2D eigenvalue weighted by Crippen LogP contribution is 2.27. The third-order valence-corrected chi connectivity index (χ3v) is 6.10. The number of rotatable bonds is 5. The standard InChI is InChI=1S/C19H25BrClN3O2/c20-15-5-6-17(21)16(13-15)18(25)22-7-8-23-9-11-24(12-10-23)19(26)14-3-1-2-4-14/h5-6,13-14H,1-4,7-12H2,(H,22,25). The Labute approximate surface area is 168 Å². The van der Waals surface area contributed by atoms with Crippen LogP contribution in [0.2, 0.25) is 5.02 Å². The summed E-state index contributed by atoms with van der Waals surface area (Å²) in [5.74, 6) is 0.446. The number of halogens is 2. The number of nitrogens with one attached hydrogen (secondary N) is 1. The molecule has 0 aromatic heterocycles. The van der Waals surface area contributed by atoms with Gasteiger partial charge in [-0.1, -0.05) is 40.4 Å². The Kier molecular flexibility index (Phi) is 6.95. The Balaban J connectivity index is 1.39. The van der Waals surface area contributed by atoms with E-state index in [1.807, 2.05) is 11.0 Å². The highest BCUT2D eigenvalue weighted by Gasteiger charge is 2.29. The zero-order valence-electron chi connectivity index (χ0n) is 14.8. The van der Waals surface area contributed by atoms with Crippen molar-refractivity contribution in [2.45, 2.75) is 25.7 Å². The van der Waals surface area contributed by atoms with Crippen LogP contribution in [0.4, 0.5) is 0 Å². The molecule has 1 heterocycles. The van der Waals surface area contributed by atoms with Gasteiger partial charge in [0.2, 0.25) is 5.91 Å². The predicted molar refractivity (Wildman–Crippen MR) is 106 cm³/mol. The van der Waals surface area contributed by atoms with Gasteiger partial charge in [-0.05, 0) is 31.0 Å². The number of nitrogens with zero attached hydrogens (tertiary/aromatic N) is 2. The van der Waals surface area contributed by atoms with E-state index >= 15 is 0 Å². The maximum atomic E-state index is 12.5. The number of benzene rings is 1. The van der Waals surface area contributed by atoms with Crippen molar-refractivity contribution in [3.05, 3.63) is 33.3 Å². The van der Waals surface area contributed by atoms with Crippen LogP contribution in [0.3, 0.4) is 0 Å². The second-order valence-corrected chi connectivity index (χ2v) is 8.35. The van der Waals surface area contributed by atoms with Gasteiger partial charge < -0.3 is 10.2 Å². The minimum absolute atomic E-state index is 0.161. The van der Waals surface area contributed by atoms with Gasteiger partial charge in [-0.3, -0.25) is 14.5 Å². The smallest absolute Gasteiger partial charge is 0.252 e. The summed E-state index contributed by atoms with van der Waals surface area (Å²) in [6.07, 6.45) is 4.50. The summed E-state index contributed by atoms with van der Waals surface area (Å²) in [4.78, 5) is 29.0. The van der Waals surface area contributed by atoms with Crippen LogP contribution in [0.1, 0.15) is 36.0 Å². The molecule has 0 unspecified atom stereocenters. The molecule has 0 radical (unpaired) electrons. The molecule has 26 heavy (non-hydrogen) atoms.